The van der Waals surface area contributed by atoms with Crippen molar-refractivity contribution in [1.29, 1.82) is 0 Å². The fourth-order valence-electron chi connectivity index (χ4n) is 6.33. The van der Waals surface area contributed by atoms with Gasteiger partial charge in [0.1, 0.15) is 11.6 Å². The van der Waals surface area contributed by atoms with Crippen LogP contribution in [0.2, 0.25) is 0 Å². The molecule has 0 aliphatic carbocycles. The molecule has 2 atom stereocenters. The summed E-state index contributed by atoms with van der Waals surface area (Å²) >= 11 is 3.34. The van der Waals surface area contributed by atoms with Gasteiger partial charge in [-0.25, -0.2) is 9.97 Å². The molecule has 0 radical (unpaired) electrons. The van der Waals surface area contributed by atoms with E-state index in [4.69, 9.17) is 4.74 Å². The Kier molecular flexibility index (Phi) is 12.9. The zero-order chi connectivity index (χ0) is 38.7. The van der Waals surface area contributed by atoms with Crippen molar-refractivity contribution in [3.63, 3.8) is 0 Å². The summed E-state index contributed by atoms with van der Waals surface area (Å²) in [4.78, 5) is 56.7. The average molecular weight is 790 g/mol. The number of hydrogen-bond donors (Lipinski definition) is 3. The van der Waals surface area contributed by atoms with Gasteiger partial charge in [0.25, 0.3) is 0 Å². The van der Waals surface area contributed by atoms with Crippen molar-refractivity contribution in [1.82, 2.24) is 35.2 Å². The van der Waals surface area contributed by atoms with E-state index in [1.54, 1.807) is 84.4 Å². The first-order valence-electron chi connectivity index (χ1n) is 18.4. The van der Waals surface area contributed by atoms with Crippen molar-refractivity contribution in [3.8, 4) is 22.5 Å². The minimum atomic E-state index is -0.0816. The van der Waals surface area contributed by atoms with Crippen LogP contribution in [0.5, 0.6) is 0 Å². The molecule has 2 aliphatic heterocycles. The lowest BCUT2D eigenvalue weighted by molar-refractivity contribution is -0.116. The maximum atomic E-state index is 12.4. The summed E-state index contributed by atoms with van der Waals surface area (Å²) in [5, 5.41) is 11.5. The molecular formula is C40H43N11O3S2. The van der Waals surface area contributed by atoms with Gasteiger partial charge in [-0.15, -0.1) is 22.7 Å². The second kappa shape index (κ2) is 18.8. The van der Waals surface area contributed by atoms with Gasteiger partial charge in [-0.05, 0) is 62.4 Å². The number of carbonyl (C=O) groups excluding carboxylic acids is 2. The minimum absolute atomic E-state index is 0.0662. The van der Waals surface area contributed by atoms with E-state index in [0.717, 1.165) is 71.5 Å². The van der Waals surface area contributed by atoms with Crippen LogP contribution in [0.15, 0.2) is 98.1 Å². The Morgan fingerprint density at radius 3 is 1.61 bits per heavy atom. The van der Waals surface area contributed by atoms with Gasteiger partial charge in [-0.3, -0.25) is 29.5 Å². The zero-order valence-corrected chi connectivity index (χ0v) is 32.8. The maximum absolute atomic E-state index is 12.4. The molecule has 8 heterocycles. The van der Waals surface area contributed by atoms with Crippen LogP contribution < -0.4 is 25.8 Å². The Labute approximate surface area is 333 Å². The second-order valence-electron chi connectivity index (χ2n) is 13.4. The molecule has 0 aromatic carbocycles. The van der Waals surface area contributed by atoms with Crippen LogP contribution in [0.3, 0.4) is 0 Å². The van der Waals surface area contributed by atoms with Crippen molar-refractivity contribution >= 4 is 56.1 Å². The Balaban J connectivity index is 0.000000172. The van der Waals surface area contributed by atoms with Gasteiger partial charge in [-0.2, -0.15) is 0 Å². The highest BCUT2D eigenvalue weighted by Crippen LogP contribution is 2.30. The summed E-state index contributed by atoms with van der Waals surface area (Å²) in [5.41, 5.74) is 3.21. The van der Waals surface area contributed by atoms with Gasteiger partial charge in [0.05, 0.1) is 58.8 Å². The number of hydrogen-bond acceptors (Lipinski definition) is 14. The lowest BCUT2D eigenvalue weighted by atomic mass is 10.2. The number of morpholine rings is 1. The predicted octanol–water partition coefficient (Wildman–Crippen LogP) is 5.59. The smallest absolute Gasteiger partial charge is 0.230 e. The standard InChI is InChI=1S/C21H23N5O2S.C19H20N6OS/c1-14-12-26(13-15(2)28-14)21-6-4-17(29-21)9-20(27)25-19-5-3-16(10-24-19)18-11-22-7-8-23-18;26-18(11-15-2-4-19(27-15)25-9-7-20-8-10-25)24-17-3-1-14(12-23-17)16-13-21-5-6-22-16/h3-8,10-11,14-15H,9,12-13H2,1-2H3,(H,24,25,27);1-6,12-13,20H,7-11H2,(H,23,24,26). The average Bonchev–Trinajstić information content (AvgIpc) is 3.89. The van der Waals surface area contributed by atoms with Gasteiger partial charge in [0, 0.05) is 97.3 Å². The van der Waals surface area contributed by atoms with E-state index in [0.29, 0.717) is 24.5 Å². The number of nitrogens with zero attached hydrogens (tertiary/aromatic N) is 8. The molecule has 0 bridgehead atoms. The number of aromatic nitrogens is 6. The fraction of sp³-hybridized carbons (Fsp3) is 0.300. The number of pyridine rings is 2. The number of thiophene rings is 2. The minimum Gasteiger partial charge on any atom is -0.372 e. The maximum Gasteiger partial charge on any atom is 0.230 e. The summed E-state index contributed by atoms with van der Waals surface area (Å²) in [6.07, 6.45) is 14.4. The second-order valence-corrected chi connectivity index (χ2v) is 15.7. The monoisotopic (exact) mass is 789 g/mol. The van der Waals surface area contributed by atoms with E-state index in [2.05, 4.69) is 81.6 Å². The molecule has 2 saturated heterocycles. The number of carbonyl (C=O) groups is 2. The van der Waals surface area contributed by atoms with Crippen molar-refractivity contribution in [2.75, 3.05) is 59.7 Å². The van der Waals surface area contributed by atoms with Gasteiger partial charge in [-0.1, -0.05) is 0 Å². The van der Waals surface area contributed by atoms with Crippen LogP contribution in [-0.4, -0.2) is 93.2 Å². The Morgan fingerprint density at radius 2 is 1.16 bits per heavy atom. The first-order valence-corrected chi connectivity index (χ1v) is 20.1. The molecule has 6 aromatic heterocycles. The van der Waals surface area contributed by atoms with Crippen molar-refractivity contribution in [2.45, 2.75) is 38.9 Å². The molecule has 14 nitrogen and oxygen atoms in total. The molecule has 0 spiro atoms. The van der Waals surface area contributed by atoms with E-state index >= 15 is 0 Å². The third-order valence-electron chi connectivity index (χ3n) is 8.90. The van der Waals surface area contributed by atoms with Gasteiger partial charge < -0.3 is 30.5 Å². The molecular weight excluding hydrogens is 747 g/mol. The number of piperazine rings is 1. The number of ether oxygens (including phenoxy) is 1. The molecule has 2 amide bonds. The highest BCUT2D eigenvalue weighted by Gasteiger charge is 2.23. The van der Waals surface area contributed by atoms with Gasteiger partial charge in [0.2, 0.25) is 11.8 Å². The number of rotatable bonds is 10. The first-order chi connectivity index (χ1) is 27.3. The van der Waals surface area contributed by atoms with E-state index in [1.807, 2.05) is 24.3 Å². The quantitative estimate of drug-likeness (QED) is 0.158. The molecule has 2 fully saturated rings. The summed E-state index contributed by atoms with van der Waals surface area (Å²) < 4.78 is 5.80. The van der Waals surface area contributed by atoms with Crippen LogP contribution in [-0.2, 0) is 27.2 Å². The topological polar surface area (TPSA) is 163 Å². The van der Waals surface area contributed by atoms with Crippen molar-refractivity contribution < 1.29 is 14.3 Å². The Morgan fingerprint density at radius 1 is 0.661 bits per heavy atom. The largest absolute Gasteiger partial charge is 0.372 e. The summed E-state index contributed by atoms with van der Waals surface area (Å²) in [6.45, 7) is 9.95. The molecule has 56 heavy (non-hydrogen) atoms. The highest BCUT2D eigenvalue weighted by atomic mass is 32.1. The summed E-state index contributed by atoms with van der Waals surface area (Å²) in [6, 6.07) is 15.6. The molecule has 2 aliphatic rings. The summed E-state index contributed by atoms with van der Waals surface area (Å²) in [7, 11) is 0. The SMILES string of the molecule is CC1CN(c2ccc(CC(=O)Nc3ccc(-c4cnccn4)cn3)s2)CC(C)O1.O=C(Cc1ccc(N2CCNCC2)s1)Nc1ccc(-c2cnccn2)cn1. The lowest BCUT2D eigenvalue weighted by Crippen LogP contribution is -2.45. The molecule has 288 valence electrons. The van der Waals surface area contributed by atoms with E-state index in [9.17, 15) is 9.59 Å². The molecule has 0 saturated carbocycles. The normalized spacial score (nSPS) is 16.8. The third-order valence-corrected chi connectivity index (χ3v) is 11.2. The fourth-order valence-corrected chi connectivity index (χ4v) is 8.41. The number of anilines is 4. The van der Waals surface area contributed by atoms with Gasteiger partial charge >= 0.3 is 0 Å². The first kappa shape index (κ1) is 38.6. The van der Waals surface area contributed by atoms with Crippen molar-refractivity contribution in [3.05, 3.63) is 108 Å². The molecule has 3 N–H and O–H groups in total. The predicted molar refractivity (Wildman–Crippen MR) is 221 cm³/mol. The molecule has 2 unspecified atom stereocenters. The Hall–Kier alpha value is -5.68. The zero-order valence-electron chi connectivity index (χ0n) is 31.2. The van der Waals surface area contributed by atoms with E-state index < -0.39 is 0 Å². The number of amides is 2. The van der Waals surface area contributed by atoms with Crippen LogP contribution in [0, 0.1) is 0 Å². The molecule has 16 heteroatoms. The van der Waals surface area contributed by atoms with Crippen molar-refractivity contribution in [2.24, 2.45) is 0 Å². The van der Waals surface area contributed by atoms with Crippen LogP contribution in [0.4, 0.5) is 21.6 Å². The molecule has 6 aromatic rings. The summed E-state index contributed by atoms with van der Waals surface area (Å²) in [5.74, 6) is 0.909. The third kappa shape index (κ3) is 10.8. The van der Waals surface area contributed by atoms with Crippen LogP contribution >= 0.6 is 22.7 Å². The van der Waals surface area contributed by atoms with E-state index in [-0.39, 0.29) is 24.0 Å². The van der Waals surface area contributed by atoms with Gasteiger partial charge in [0.15, 0.2) is 0 Å². The highest BCUT2D eigenvalue weighted by molar-refractivity contribution is 7.16. The van der Waals surface area contributed by atoms with E-state index in [1.165, 1.54) is 10.0 Å². The van der Waals surface area contributed by atoms with Crippen LogP contribution in [0.25, 0.3) is 22.5 Å². The van der Waals surface area contributed by atoms with Crippen LogP contribution in [0.1, 0.15) is 23.6 Å². The lowest BCUT2D eigenvalue weighted by Gasteiger charge is -2.35. The molecule has 8 rings (SSSR count). The number of nitrogens with one attached hydrogen (secondary N) is 3. The Bertz CT molecular complexity index is 2150.